The Morgan fingerprint density at radius 2 is 1.84 bits per heavy atom. The second-order valence-corrected chi connectivity index (χ2v) is 5.61. The third-order valence-corrected chi connectivity index (χ3v) is 3.23. The smallest absolute Gasteiger partial charge is 0.123 e. The highest BCUT2D eigenvalue weighted by molar-refractivity contribution is 9.10. The third kappa shape index (κ3) is 4.33. The summed E-state index contributed by atoms with van der Waals surface area (Å²) in [6, 6.07) is 12.5. The highest BCUT2D eigenvalue weighted by atomic mass is 79.9. The number of hydrogen-bond donors (Lipinski definition) is 1. The van der Waals surface area contributed by atoms with Crippen LogP contribution in [0.25, 0.3) is 0 Å². The first-order valence-electron chi connectivity index (χ1n) is 6.01. The lowest BCUT2D eigenvalue weighted by atomic mass is 10.1. The number of anilines is 1. The first-order valence-corrected chi connectivity index (χ1v) is 6.80. The van der Waals surface area contributed by atoms with Crippen molar-refractivity contribution in [2.45, 2.75) is 13.1 Å². The predicted octanol–water partition coefficient (Wildman–Crippen LogP) is 3.80. The van der Waals surface area contributed by atoms with Gasteiger partial charge in [-0.3, -0.25) is 4.90 Å². The van der Waals surface area contributed by atoms with E-state index in [9.17, 15) is 4.39 Å². The van der Waals surface area contributed by atoms with Gasteiger partial charge in [0, 0.05) is 23.2 Å². The summed E-state index contributed by atoms with van der Waals surface area (Å²) < 4.78 is 14.1. The van der Waals surface area contributed by atoms with E-state index in [1.807, 2.05) is 31.3 Å². The van der Waals surface area contributed by atoms with E-state index in [4.69, 9.17) is 5.73 Å². The number of nitrogens with two attached hydrogens (primary N) is 1. The zero-order valence-corrected chi connectivity index (χ0v) is 12.3. The summed E-state index contributed by atoms with van der Waals surface area (Å²) in [5.41, 5.74) is 8.64. The Kier molecular flexibility index (Phi) is 4.56. The van der Waals surface area contributed by atoms with Gasteiger partial charge in [0.05, 0.1) is 0 Å². The van der Waals surface area contributed by atoms with Crippen molar-refractivity contribution in [2.24, 2.45) is 0 Å². The van der Waals surface area contributed by atoms with Gasteiger partial charge in [0.25, 0.3) is 0 Å². The van der Waals surface area contributed by atoms with Gasteiger partial charge in [0.15, 0.2) is 0 Å². The van der Waals surface area contributed by atoms with Crippen molar-refractivity contribution >= 4 is 21.6 Å². The molecule has 4 heteroatoms. The molecular weight excluding hydrogens is 307 g/mol. The van der Waals surface area contributed by atoms with E-state index >= 15 is 0 Å². The molecule has 0 unspecified atom stereocenters. The molecule has 0 aliphatic rings. The molecule has 0 heterocycles. The molecule has 0 saturated carbocycles. The van der Waals surface area contributed by atoms with Crippen molar-refractivity contribution in [2.75, 3.05) is 12.8 Å². The van der Waals surface area contributed by atoms with Crippen LogP contribution >= 0.6 is 15.9 Å². The van der Waals surface area contributed by atoms with Gasteiger partial charge < -0.3 is 5.73 Å². The zero-order valence-electron chi connectivity index (χ0n) is 10.7. The van der Waals surface area contributed by atoms with E-state index in [2.05, 4.69) is 20.8 Å². The molecule has 0 aromatic heterocycles. The van der Waals surface area contributed by atoms with E-state index in [0.29, 0.717) is 6.54 Å². The van der Waals surface area contributed by atoms with E-state index in [1.165, 1.54) is 6.07 Å². The minimum absolute atomic E-state index is 0.197. The van der Waals surface area contributed by atoms with Gasteiger partial charge in [-0.1, -0.05) is 28.1 Å². The van der Waals surface area contributed by atoms with Crippen molar-refractivity contribution in [3.63, 3.8) is 0 Å². The highest BCUT2D eigenvalue weighted by Crippen LogP contribution is 2.19. The molecular formula is C15H16BrFN2. The van der Waals surface area contributed by atoms with Gasteiger partial charge in [-0.2, -0.15) is 0 Å². The molecule has 0 atom stereocenters. The van der Waals surface area contributed by atoms with Crippen LogP contribution in [0.15, 0.2) is 46.9 Å². The summed E-state index contributed by atoms with van der Waals surface area (Å²) in [5.74, 6) is -0.197. The second-order valence-electron chi connectivity index (χ2n) is 4.70. The fourth-order valence-corrected chi connectivity index (χ4v) is 2.64. The SMILES string of the molecule is CN(Cc1cccc(F)c1)Cc1cc(N)cc(Br)c1. The van der Waals surface area contributed by atoms with E-state index in [1.54, 1.807) is 12.1 Å². The number of nitrogens with zero attached hydrogens (tertiary/aromatic N) is 1. The van der Waals surface area contributed by atoms with Gasteiger partial charge in [0.2, 0.25) is 0 Å². The van der Waals surface area contributed by atoms with Gasteiger partial charge in [-0.25, -0.2) is 4.39 Å². The lowest BCUT2D eigenvalue weighted by molar-refractivity contribution is 0.318. The molecule has 100 valence electrons. The average molecular weight is 323 g/mol. The molecule has 2 nitrogen and oxygen atoms in total. The van der Waals surface area contributed by atoms with Crippen LogP contribution in [0.1, 0.15) is 11.1 Å². The number of benzene rings is 2. The molecule has 2 aromatic carbocycles. The molecule has 0 aliphatic heterocycles. The number of rotatable bonds is 4. The molecule has 2 rings (SSSR count). The lowest BCUT2D eigenvalue weighted by Gasteiger charge is -2.17. The maximum Gasteiger partial charge on any atom is 0.123 e. The Balaban J connectivity index is 2.03. The Morgan fingerprint density at radius 3 is 2.53 bits per heavy atom. The topological polar surface area (TPSA) is 29.3 Å². The Bertz CT molecular complexity index is 552. The molecule has 0 radical (unpaired) electrons. The van der Waals surface area contributed by atoms with Crippen LogP contribution in [0.3, 0.4) is 0 Å². The fraction of sp³-hybridized carbons (Fsp3) is 0.200. The minimum Gasteiger partial charge on any atom is -0.399 e. The van der Waals surface area contributed by atoms with Crippen LogP contribution in [0.4, 0.5) is 10.1 Å². The number of nitrogen functional groups attached to an aromatic ring is 1. The van der Waals surface area contributed by atoms with Gasteiger partial charge in [-0.05, 0) is 48.5 Å². The summed E-state index contributed by atoms with van der Waals surface area (Å²) >= 11 is 3.43. The molecule has 0 aliphatic carbocycles. The van der Waals surface area contributed by atoms with Gasteiger partial charge >= 0.3 is 0 Å². The van der Waals surface area contributed by atoms with E-state index in [0.717, 1.165) is 27.8 Å². The summed E-state index contributed by atoms with van der Waals surface area (Å²) in [6.45, 7) is 1.46. The Hall–Kier alpha value is -1.39. The first-order chi connectivity index (χ1) is 9.02. The molecule has 19 heavy (non-hydrogen) atoms. The summed E-state index contributed by atoms with van der Waals surface area (Å²) in [6.07, 6.45) is 0. The van der Waals surface area contributed by atoms with Crippen molar-refractivity contribution in [1.29, 1.82) is 0 Å². The summed E-state index contributed by atoms with van der Waals surface area (Å²) in [7, 11) is 2.00. The van der Waals surface area contributed by atoms with Crippen molar-refractivity contribution in [1.82, 2.24) is 4.90 Å². The van der Waals surface area contributed by atoms with Crippen LogP contribution in [-0.4, -0.2) is 11.9 Å². The Morgan fingerprint density at radius 1 is 1.11 bits per heavy atom. The summed E-state index contributed by atoms with van der Waals surface area (Å²) in [4.78, 5) is 2.12. The van der Waals surface area contributed by atoms with E-state index in [-0.39, 0.29) is 5.82 Å². The lowest BCUT2D eigenvalue weighted by Crippen LogP contribution is -2.17. The van der Waals surface area contributed by atoms with Crippen LogP contribution in [0, 0.1) is 5.82 Å². The largest absolute Gasteiger partial charge is 0.399 e. The second kappa shape index (κ2) is 6.17. The quantitative estimate of drug-likeness (QED) is 0.867. The number of halogens is 2. The summed E-state index contributed by atoms with van der Waals surface area (Å²) in [5, 5.41) is 0. The molecule has 0 fully saturated rings. The standard InChI is InChI=1S/C15H16BrFN2/c1-19(9-11-3-2-4-14(17)6-11)10-12-5-13(16)8-15(18)7-12/h2-8H,9-10,18H2,1H3. The molecule has 0 saturated heterocycles. The van der Waals surface area contributed by atoms with Crippen LogP contribution in [-0.2, 0) is 13.1 Å². The van der Waals surface area contributed by atoms with Gasteiger partial charge in [0.1, 0.15) is 5.82 Å². The fourth-order valence-electron chi connectivity index (χ4n) is 2.08. The molecule has 2 aromatic rings. The number of hydrogen-bond acceptors (Lipinski definition) is 2. The molecule has 2 N–H and O–H groups in total. The van der Waals surface area contributed by atoms with E-state index < -0.39 is 0 Å². The van der Waals surface area contributed by atoms with Crippen LogP contribution in [0.2, 0.25) is 0 Å². The molecule has 0 amide bonds. The van der Waals surface area contributed by atoms with Crippen molar-refractivity contribution in [3.05, 3.63) is 63.9 Å². The normalized spacial score (nSPS) is 10.9. The maximum atomic E-state index is 13.1. The maximum absolute atomic E-state index is 13.1. The zero-order chi connectivity index (χ0) is 13.8. The first kappa shape index (κ1) is 14.0. The van der Waals surface area contributed by atoms with Crippen LogP contribution < -0.4 is 5.73 Å². The molecule has 0 spiro atoms. The predicted molar refractivity (Wildman–Crippen MR) is 80.1 cm³/mol. The van der Waals surface area contributed by atoms with Crippen molar-refractivity contribution in [3.8, 4) is 0 Å². The highest BCUT2D eigenvalue weighted by Gasteiger charge is 2.04. The monoisotopic (exact) mass is 322 g/mol. The third-order valence-electron chi connectivity index (χ3n) is 2.77. The average Bonchev–Trinajstić information content (AvgIpc) is 2.26. The Labute approximate surface area is 121 Å². The van der Waals surface area contributed by atoms with Gasteiger partial charge in [-0.15, -0.1) is 0 Å². The molecule has 0 bridgehead atoms. The minimum atomic E-state index is -0.197. The van der Waals surface area contributed by atoms with Crippen LogP contribution in [0.5, 0.6) is 0 Å². The van der Waals surface area contributed by atoms with Crippen molar-refractivity contribution < 1.29 is 4.39 Å².